The molecule has 2 aromatic rings. The van der Waals surface area contributed by atoms with Gasteiger partial charge in [0.05, 0.1) is 0 Å². The van der Waals surface area contributed by atoms with Crippen molar-refractivity contribution in [2.24, 2.45) is 4.99 Å². The van der Waals surface area contributed by atoms with Crippen molar-refractivity contribution in [3.8, 4) is 0 Å². The molecule has 2 rings (SSSR count). The van der Waals surface area contributed by atoms with E-state index in [-0.39, 0.29) is 42.3 Å². The zero-order valence-corrected chi connectivity index (χ0v) is 21.4. The fourth-order valence-corrected chi connectivity index (χ4v) is 2.98. The highest BCUT2D eigenvalue weighted by atomic mass is 127. The van der Waals surface area contributed by atoms with Crippen LogP contribution in [0, 0.1) is 0 Å². The lowest BCUT2D eigenvalue weighted by atomic mass is 10.1. The number of carbonyl (C=O) groups excluding carboxylic acids is 2. The molecular weight excluding hydrogens is 517 g/mol. The van der Waals surface area contributed by atoms with Crippen LogP contribution in [0.25, 0.3) is 0 Å². The Labute approximate surface area is 208 Å². The second-order valence-electron chi connectivity index (χ2n) is 7.36. The summed E-state index contributed by atoms with van der Waals surface area (Å²) in [4.78, 5) is 30.1. The summed E-state index contributed by atoms with van der Waals surface area (Å²) in [6, 6.07) is 17.7. The van der Waals surface area contributed by atoms with Crippen LogP contribution >= 0.6 is 24.0 Å². The number of amides is 2. The van der Waals surface area contributed by atoms with Crippen molar-refractivity contribution in [3.05, 3.63) is 71.3 Å². The molecule has 0 aliphatic heterocycles. The summed E-state index contributed by atoms with van der Waals surface area (Å²) in [6.45, 7) is 3.98. The second kappa shape index (κ2) is 15.2. The van der Waals surface area contributed by atoms with E-state index < -0.39 is 0 Å². The molecule has 0 bridgehead atoms. The number of carbonyl (C=O) groups is 2. The number of rotatable bonds is 10. The number of nitrogens with one attached hydrogen (secondary N) is 3. The van der Waals surface area contributed by atoms with E-state index in [2.05, 4.69) is 20.9 Å². The Bertz CT molecular complexity index is 872. The Kier molecular flexibility index (Phi) is 13.0. The van der Waals surface area contributed by atoms with Crippen molar-refractivity contribution < 1.29 is 9.59 Å². The van der Waals surface area contributed by atoms with Gasteiger partial charge in [0, 0.05) is 39.3 Å². The highest BCUT2D eigenvalue weighted by Gasteiger charge is 2.08. The van der Waals surface area contributed by atoms with E-state index in [4.69, 9.17) is 0 Å². The van der Waals surface area contributed by atoms with Gasteiger partial charge in [0.15, 0.2) is 5.96 Å². The molecule has 174 valence electrons. The highest BCUT2D eigenvalue weighted by molar-refractivity contribution is 14.0. The van der Waals surface area contributed by atoms with Gasteiger partial charge >= 0.3 is 0 Å². The maximum atomic E-state index is 12.1. The van der Waals surface area contributed by atoms with Crippen molar-refractivity contribution in [1.29, 1.82) is 0 Å². The first-order chi connectivity index (χ1) is 15.0. The van der Waals surface area contributed by atoms with E-state index in [0.717, 1.165) is 18.4 Å². The summed E-state index contributed by atoms with van der Waals surface area (Å²) in [5.74, 6) is 0.479. The molecule has 32 heavy (non-hydrogen) atoms. The molecule has 0 heterocycles. The molecule has 0 saturated heterocycles. The molecule has 0 aromatic heterocycles. The third kappa shape index (κ3) is 10.1. The van der Waals surface area contributed by atoms with E-state index in [1.54, 1.807) is 19.0 Å². The fourth-order valence-electron chi connectivity index (χ4n) is 2.98. The quantitative estimate of drug-likeness (QED) is 0.241. The molecule has 0 unspecified atom stereocenters. The van der Waals surface area contributed by atoms with E-state index in [9.17, 15) is 9.59 Å². The first-order valence-corrected chi connectivity index (χ1v) is 10.6. The van der Waals surface area contributed by atoms with Crippen molar-refractivity contribution in [2.45, 2.75) is 19.8 Å². The van der Waals surface area contributed by atoms with Crippen LogP contribution < -0.4 is 16.0 Å². The van der Waals surface area contributed by atoms with Gasteiger partial charge in [0.1, 0.15) is 6.54 Å². The van der Waals surface area contributed by atoms with Gasteiger partial charge in [-0.3, -0.25) is 9.59 Å². The SMILES string of the molecule is CCNC(=NCC(=O)NCCc1ccccc1)NCCc1cccc(C(=O)N(C)C)c1.I. The molecule has 0 spiro atoms. The topological polar surface area (TPSA) is 85.8 Å². The summed E-state index contributed by atoms with van der Waals surface area (Å²) in [5, 5.41) is 9.29. The van der Waals surface area contributed by atoms with E-state index in [1.807, 2.05) is 61.5 Å². The largest absolute Gasteiger partial charge is 0.357 e. The van der Waals surface area contributed by atoms with Crippen molar-refractivity contribution in [1.82, 2.24) is 20.9 Å². The third-order valence-electron chi connectivity index (χ3n) is 4.59. The number of nitrogens with zero attached hydrogens (tertiary/aromatic N) is 2. The number of hydrogen-bond acceptors (Lipinski definition) is 3. The Morgan fingerprint density at radius 1 is 0.875 bits per heavy atom. The lowest BCUT2D eigenvalue weighted by Gasteiger charge is -2.13. The first-order valence-electron chi connectivity index (χ1n) is 10.6. The highest BCUT2D eigenvalue weighted by Crippen LogP contribution is 2.07. The van der Waals surface area contributed by atoms with Gasteiger partial charge in [-0.25, -0.2) is 4.99 Å². The molecule has 2 amide bonds. The minimum Gasteiger partial charge on any atom is -0.357 e. The number of halogens is 1. The number of benzene rings is 2. The first kappa shape index (κ1) is 27.4. The van der Waals surface area contributed by atoms with Crippen LogP contribution in [0.1, 0.15) is 28.4 Å². The van der Waals surface area contributed by atoms with Gasteiger partial charge in [-0.2, -0.15) is 0 Å². The number of aliphatic imine (C=N–C) groups is 1. The van der Waals surface area contributed by atoms with Crippen LogP contribution in [-0.4, -0.2) is 62.9 Å². The fraction of sp³-hybridized carbons (Fsp3) is 0.375. The Balaban J connectivity index is 0.00000512. The standard InChI is InChI=1S/C24H33N5O2.HI/c1-4-25-24(28-18-22(30)26-15-13-19-9-6-5-7-10-19)27-16-14-20-11-8-12-21(17-20)23(31)29(2)3;/h5-12,17H,4,13-16,18H2,1-3H3,(H,26,30)(H2,25,27,28);1H. The monoisotopic (exact) mass is 551 g/mol. The van der Waals surface area contributed by atoms with Crippen LogP contribution in [-0.2, 0) is 17.6 Å². The smallest absolute Gasteiger partial charge is 0.253 e. The van der Waals surface area contributed by atoms with Gasteiger partial charge in [-0.05, 0) is 43.0 Å². The molecule has 0 radical (unpaired) electrons. The summed E-state index contributed by atoms with van der Waals surface area (Å²) < 4.78 is 0. The third-order valence-corrected chi connectivity index (χ3v) is 4.59. The minimum absolute atomic E-state index is 0. The van der Waals surface area contributed by atoms with Gasteiger partial charge in [-0.1, -0.05) is 42.5 Å². The summed E-state index contributed by atoms with van der Waals surface area (Å²) in [5.41, 5.74) is 2.93. The summed E-state index contributed by atoms with van der Waals surface area (Å²) in [6.07, 6.45) is 1.53. The van der Waals surface area contributed by atoms with Gasteiger partial charge in [0.2, 0.25) is 5.91 Å². The Hall–Kier alpha value is -2.62. The normalized spacial score (nSPS) is 10.7. The molecule has 0 aliphatic rings. The predicted molar refractivity (Wildman–Crippen MR) is 141 cm³/mol. The molecule has 0 fully saturated rings. The molecule has 0 atom stereocenters. The van der Waals surface area contributed by atoms with Crippen molar-refractivity contribution >= 4 is 41.8 Å². The Morgan fingerprint density at radius 2 is 1.53 bits per heavy atom. The van der Waals surface area contributed by atoms with Gasteiger partial charge in [-0.15, -0.1) is 24.0 Å². The predicted octanol–water partition coefficient (Wildman–Crippen LogP) is 2.46. The zero-order valence-electron chi connectivity index (χ0n) is 19.1. The average molecular weight is 551 g/mol. The van der Waals surface area contributed by atoms with Crippen molar-refractivity contribution in [3.63, 3.8) is 0 Å². The lowest BCUT2D eigenvalue weighted by molar-refractivity contribution is -0.119. The molecular formula is C24H34IN5O2. The average Bonchev–Trinajstić information content (AvgIpc) is 2.78. The molecule has 8 heteroatoms. The number of hydrogen-bond donors (Lipinski definition) is 3. The Morgan fingerprint density at radius 3 is 2.22 bits per heavy atom. The molecule has 3 N–H and O–H groups in total. The van der Waals surface area contributed by atoms with Gasteiger partial charge in [0.25, 0.3) is 5.91 Å². The maximum absolute atomic E-state index is 12.1. The van der Waals surface area contributed by atoms with Crippen LogP contribution in [0.15, 0.2) is 59.6 Å². The van der Waals surface area contributed by atoms with Crippen LogP contribution in [0.2, 0.25) is 0 Å². The molecule has 0 aliphatic carbocycles. The summed E-state index contributed by atoms with van der Waals surface area (Å²) >= 11 is 0. The van der Waals surface area contributed by atoms with Crippen molar-refractivity contribution in [2.75, 3.05) is 40.3 Å². The van der Waals surface area contributed by atoms with Gasteiger partial charge < -0.3 is 20.9 Å². The van der Waals surface area contributed by atoms with E-state index in [1.165, 1.54) is 5.56 Å². The van der Waals surface area contributed by atoms with Crippen LogP contribution in [0.3, 0.4) is 0 Å². The molecule has 0 saturated carbocycles. The zero-order chi connectivity index (χ0) is 22.5. The van der Waals surface area contributed by atoms with E-state index in [0.29, 0.717) is 31.2 Å². The lowest BCUT2D eigenvalue weighted by Crippen LogP contribution is -2.39. The van der Waals surface area contributed by atoms with Crippen LogP contribution in [0.4, 0.5) is 0 Å². The second-order valence-corrected chi connectivity index (χ2v) is 7.36. The maximum Gasteiger partial charge on any atom is 0.253 e. The van der Waals surface area contributed by atoms with Crippen LogP contribution in [0.5, 0.6) is 0 Å². The molecule has 2 aromatic carbocycles. The summed E-state index contributed by atoms with van der Waals surface area (Å²) in [7, 11) is 3.49. The molecule has 7 nitrogen and oxygen atoms in total. The number of guanidine groups is 1. The van der Waals surface area contributed by atoms with E-state index >= 15 is 0 Å². The minimum atomic E-state index is -0.108.